The number of carbonyl (C=O) groups is 2. The van der Waals surface area contributed by atoms with Gasteiger partial charge in [-0.25, -0.2) is 0 Å². The summed E-state index contributed by atoms with van der Waals surface area (Å²) >= 11 is 3.34. The van der Waals surface area contributed by atoms with Crippen molar-refractivity contribution < 1.29 is 19.1 Å². The lowest BCUT2D eigenvalue weighted by molar-refractivity contribution is -0.123. The topological polar surface area (TPSA) is 76.7 Å². The van der Waals surface area contributed by atoms with Crippen LogP contribution in [0.5, 0.6) is 11.5 Å². The van der Waals surface area contributed by atoms with Gasteiger partial charge in [0.05, 0.1) is 12.2 Å². The summed E-state index contributed by atoms with van der Waals surface area (Å²) in [6, 6.07) is 18.5. The number of hydrogen-bond donors (Lipinski definition) is 2. The van der Waals surface area contributed by atoms with Crippen molar-refractivity contribution in [1.82, 2.24) is 10.9 Å². The molecule has 0 aromatic heterocycles. The molecule has 0 aliphatic heterocycles. The number of fused-ring (bicyclic) bond motifs is 1. The molecule has 0 aliphatic carbocycles. The van der Waals surface area contributed by atoms with Crippen LogP contribution in [0.1, 0.15) is 23.7 Å². The maximum atomic E-state index is 12.5. The quantitative estimate of drug-likeness (QED) is 0.521. The second kappa shape index (κ2) is 9.93. The minimum absolute atomic E-state index is 0.230. The van der Waals surface area contributed by atoms with Gasteiger partial charge in [0.25, 0.3) is 11.8 Å². The van der Waals surface area contributed by atoms with Gasteiger partial charge in [-0.1, -0.05) is 59.3 Å². The van der Waals surface area contributed by atoms with E-state index in [9.17, 15) is 9.59 Å². The summed E-state index contributed by atoms with van der Waals surface area (Å²) in [5.41, 5.74) is 5.09. The lowest BCUT2D eigenvalue weighted by atomic mass is 10.1. The van der Waals surface area contributed by atoms with Gasteiger partial charge in [-0.15, -0.1) is 0 Å². The molecule has 3 rings (SSSR count). The van der Waals surface area contributed by atoms with E-state index < -0.39 is 11.8 Å². The Morgan fingerprint density at radius 3 is 2.55 bits per heavy atom. The van der Waals surface area contributed by atoms with E-state index in [1.807, 2.05) is 43.3 Å². The van der Waals surface area contributed by atoms with Crippen molar-refractivity contribution in [1.29, 1.82) is 0 Å². The standard InChI is InChI=1S/C22H21BrN2O4/c1-2-12-28-20-11-10-16(23)13-18(20)22(27)25-24-21(26)14-29-19-9-5-7-15-6-3-4-8-17(15)19/h3-11,13H,2,12,14H2,1H3,(H,24,26)(H,25,27). The zero-order chi connectivity index (χ0) is 20.6. The van der Waals surface area contributed by atoms with Crippen molar-refractivity contribution in [2.45, 2.75) is 13.3 Å². The van der Waals surface area contributed by atoms with Gasteiger partial charge in [-0.2, -0.15) is 0 Å². The Morgan fingerprint density at radius 1 is 0.931 bits per heavy atom. The van der Waals surface area contributed by atoms with Crippen molar-refractivity contribution in [2.75, 3.05) is 13.2 Å². The molecule has 6 nitrogen and oxygen atoms in total. The summed E-state index contributed by atoms with van der Waals surface area (Å²) in [7, 11) is 0. The van der Waals surface area contributed by atoms with Crippen molar-refractivity contribution in [3.05, 3.63) is 70.7 Å². The Hall–Kier alpha value is -3.06. The largest absolute Gasteiger partial charge is 0.493 e. The first-order valence-corrected chi connectivity index (χ1v) is 10.00. The van der Waals surface area contributed by atoms with Crippen LogP contribution in [0.25, 0.3) is 10.8 Å². The number of carbonyl (C=O) groups excluding carboxylic acids is 2. The molecular weight excluding hydrogens is 436 g/mol. The van der Waals surface area contributed by atoms with Gasteiger partial charge in [0.1, 0.15) is 11.5 Å². The maximum absolute atomic E-state index is 12.5. The molecule has 0 unspecified atom stereocenters. The first-order valence-electron chi connectivity index (χ1n) is 9.20. The number of benzene rings is 3. The van der Waals surface area contributed by atoms with Crippen LogP contribution >= 0.6 is 15.9 Å². The molecule has 150 valence electrons. The molecule has 29 heavy (non-hydrogen) atoms. The first kappa shape index (κ1) is 20.7. The molecule has 0 saturated carbocycles. The molecule has 0 radical (unpaired) electrons. The molecule has 3 aromatic rings. The minimum atomic E-state index is -0.476. The Labute approximate surface area is 177 Å². The summed E-state index contributed by atoms with van der Waals surface area (Å²) in [4.78, 5) is 24.6. The smallest absolute Gasteiger partial charge is 0.276 e. The fraction of sp³-hybridized carbons (Fsp3) is 0.182. The van der Waals surface area contributed by atoms with Gasteiger partial charge in [0, 0.05) is 9.86 Å². The molecule has 0 fully saturated rings. The number of halogens is 1. The third-order valence-corrected chi connectivity index (χ3v) is 4.57. The number of hydrazine groups is 1. The maximum Gasteiger partial charge on any atom is 0.276 e. The highest BCUT2D eigenvalue weighted by molar-refractivity contribution is 9.10. The summed E-state index contributed by atoms with van der Waals surface area (Å²) in [5.74, 6) is 0.105. The lowest BCUT2D eigenvalue weighted by Crippen LogP contribution is -2.44. The highest BCUT2D eigenvalue weighted by Gasteiger charge is 2.14. The van der Waals surface area contributed by atoms with E-state index in [2.05, 4.69) is 26.8 Å². The lowest BCUT2D eigenvalue weighted by Gasteiger charge is -2.13. The highest BCUT2D eigenvalue weighted by atomic mass is 79.9. The van der Waals surface area contributed by atoms with Gasteiger partial charge >= 0.3 is 0 Å². The SMILES string of the molecule is CCCOc1ccc(Br)cc1C(=O)NNC(=O)COc1cccc2ccccc12. The molecule has 7 heteroatoms. The van der Waals surface area contributed by atoms with Gasteiger partial charge in [0.2, 0.25) is 0 Å². The fourth-order valence-corrected chi connectivity index (χ4v) is 3.07. The third-order valence-electron chi connectivity index (χ3n) is 4.07. The van der Waals surface area contributed by atoms with Crippen LogP contribution in [0, 0.1) is 0 Å². The second-order valence-corrected chi connectivity index (χ2v) is 7.17. The van der Waals surface area contributed by atoms with Gasteiger partial charge in [0.15, 0.2) is 6.61 Å². The normalized spacial score (nSPS) is 10.4. The number of rotatable bonds is 7. The Morgan fingerprint density at radius 2 is 1.72 bits per heavy atom. The van der Waals surface area contributed by atoms with Gasteiger partial charge < -0.3 is 9.47 Å². The van der Waals surface area contributed by atoms with E-state index in [1.165, 1.54) is 0 Å². The molecular formula is C22H21BrN2O4. The van der Waals surface area contributed by atoms with Gasteiger partial charge in [-0.3, -0.25) is 20.4 Å². The minimum Gasteiger partial charge on any atom is -0.493 e. The van der Waals surface area contributed by atoms with E-state index in [0.717, 1.165) is 21.7 Å². The summed E-state index contributed by atoms with van der Waals surface area (Å²) < 4.78 is 11.9. The van der Waals surface area contributed by atoms with Crippen molar-refractivity contribution in [3.8, 4) is 11.5 Å². The van der Waals surface area contributed by atoms with Crippen LogP contribution < -0.4 is 20.3 Å². The predicted octanol–water partition coefficient (Wildman–Crippen LogP) is 4.23. The molecule has 0 atom stereocenters. The average Bonchev–Trinajstić information content (AvgIpc) is 2.75. The number of hydrogen-bond acceptors (Lipinski definition) is 4. The molecule has 0 aliphatic rings. The first-order chi connectivity index (χ1) is 14.1. The predicted molar refractivity (Wildman–Crippen MR) is 115 cm³/mol. The Kier molecular flexibility index (Phi) is 7.08. The van der Waals surface area contributed by atoms with E-state index in [4.69, 9.17) is 9.47 Å². The van der Waals surface area contributed by atoms with Crippen LogP contribution in [-0.2, 0) is 4.79 Å². The highest BCUT2D eigenvalue weighted by Crippen LogP contribution is 2.25. The second-order valence-electron chi connectivity index (χ2n) is 6.26. The fourth-order valence-electron chi connectivity index (χ4n) is 2.71. The zero-order valence-corrected chi connectivity index (χ0v) is 17.5. The molecule has 0 spiro atoms. The summed E-state index contributed by atoms with van der Waals surface area (Å²) in [6.45, 7) is 2.24. The molecule has 2 amide bonds. The number of amides is 2. The summed E-state index contributed by atoms with van der Waals surface area (Å²) in [6.07, 6.45) is 0.819. The molecule has 0 saturated heterocycles. The van der Waals surface area contributed by atoms with Crippen molar-refractivity contribution in [3.63, 3.8) is 0 Å². The Bertz CT molecular complexity index is 1020. The third kappa shape index (κ3) is 5.48. The van der Waals surface area contributed by atoms with Crippen LogP contribution in [0.3, 0.4) is 0 Å². The van der Waals surface area contributed by atoms with E-state index >= 15 is 0 Å². The average molecular weight is 457 g/mol. The van der Waals surface area contributed by atoms with E-state index in [0.29, 0.717) is 23.7 Å². The van der Waals surface area contributed by atoms with Crippen molar-refractivity contribution >= 4 is 38.5 Å². The van der Waals surface area contributed by atoms with E-state index in [1.54, 1.807) is 24.3 Å². The van der Waals surface area contributed by atoms with Crippen LogP contribution in [0.2, 0.25) is 0 Å². The molecule has 2 N–H and O–H groups in total. The number of ether oxygens (including phenoxy) is 2. The molecule has 0 heterocycles. The Balaban J connectivity index is 1.58. The summed E-state index contributed by atoms with van der Waals surface area (Å²) in [5, 5.41) is 1.94. The monoisotopic (exact) mass is 456 g/mol. The van der Waals surface area contributed by atoms with E-state index in [-0.39, 0.29) is 6.61 Å². The van der Waals surface area contributed by atoms with Crippen LogP contribution in [-0.4, -0.2) is 25.0 Å². The van der Waals surface area contributed by atoms with Crippen LogP contribution in [0.4, 0.5) is 0 Å². The van der Waals surface area contributed by atoms with Crippen molar-refractivity contribution in [2.24, 2.45) is 0 Å². The number of nitrogens with one attached hydrogen (secondary N) is 2. The van der Waals surface area contributed by atoms with Gasteiger partial charge in [-0.05, 0) is 36.1 Å². The molecule has 3 aromatic carbocycles. The molecule has 0 bridgehead atoms. The van der Waals surface area contributed by atoms with Crippen LogP contribution in [0.15, 0.2) is 65.1 Å². The zero-order valence-electron chi connectivity index (χ0n) is 15.9.